The average Bonchev–Trinajstić information content (AvgIpc) is 2.24. The van der Waals surface area contributed by atoms with Gasteiger partial charge in [0.05, 0.1) is 0 Å². The maximum absolute atomic E-state index is 11.8. The van der Waals surface area contributed by atoms with Gasteiger partial charge in [-0.1, -0.05) is 0 Å². The third-order valence-corrected chi connectivity index (χ3v) is 1.99. The highest BCUT2D eigenvalue weighted by molar-refractivity contribution is 5.81. The molecule has 0 aromatic heterocycles. The normalized spacial score (nSPS) is 10.9. The molecule has 0 fully saturated rings. The Bertz CT molecular complexity index is 265. The van der Waals surface area contributed by atoms with Gasteiger partial charge >= 0.3 is 18.1 Å². The van der Waals surface area contributed by atoms with E-state index < -0.39 is 12.1 Å². The Labute approximate surface area is 97.3 Å². The highest BCUT2D eigenvalue weighted by Crippen LogP contribution is 2.13. The Morgan fingerprint density at radius 3 is 1.94 bits per heavy atom. The van der Waals surface area contributed by atoms with E-state index in [1.807, 2.05) is 0 Å². The lowest BCUT2D eigenvalue weighted by atomic mass is 10.5. The van der Waals surface area contributed by atoms with Crippen molar-refractivity contribution in [2.45, 2.75) is 20.0 Å². The monoisotopic (exact) mass is 255 g/mol. The number of carbonyl (C=O) groups is 2. The van der Waals surface area contributed by atoms with E-state index in [1.54, 1.807) is 19.2 Å². The van der Waals surface area contributed by atoms with Crippen molar-refractivity contribution in [2.24, 2.45) is 0 Å². The first-order valence-electron chi connectivity index (χ1n) is 5.20. The second-order valence-corrected chi connectivity index (χ2v) is 3.16. The van der Waals surface area contributed by atoms with Crippen molar-refractivity contribution < 1.29 is 22.8 Å². The summed E-state index contributed by atoms with van der Waals surface area (Å²) in [6, 6.07) is -0.365. The summed E-state index contributed by atoms with van der Waals surface area (Å²) < 4.78 is 35.3. The maximum atomic E-state index is 11.8. The Kier molecular flexibility index (Phi) is 6.37. The third kappa shape index (κ3) is 5.98. The summed E-state index contributed by atoms with van der Waals surface area (Å²) >= 11 is 0. The molecule has 0 aliphatic rings. The molecular formula is C9H16F3N3O2. The highest BCUT2D eigenvalue weighted by Gasteiger charge is 2.38. The fourth-order valence-corrected chi connectivity index (χ4v) is 1.07. The lowest BCUT2D eigenvalue weighted by Crippen LogP contribution is -2.44. The van der Waals surface area contributed by atoms with Crippen molar-refractivity contribution in [2.75, 3.05) is 26.2 Å². The first-order valence-corrected chi connectivity index (χ1v) is 5.20. The van der Waals surface area contributed by atoms with Crippen LogP contribution in [-0.4, -0.2) is 49.2 Å². The number of amides is 3. The molecule has 3 amide bonds. The van der Waals surface area contributed by atoms with E-state index in [2.05, 4.69) is 5.32 Å². The standard InChI is InChI=1S/C9H16F3N3O2/c1-3-15(4-2)8(17)14-6-5-13-7(16)9(10,11)12/h3-6H2,1-2H3,(H,13,16)(H,14,17). The van der Waals surface area contributed by atoms with E-state index >= 15 is 0 Å². The molecule has 0 saturated heterocycles. The Morgan fingerprint density at radius 1 is 1.06 bits per heavy atom. The van der Waals surface area contributed by atoms with Gasteiger partial charge in [-0.15, -0.1) is 0 Å². The van der Waals surface area contributed by atoms with E-state index in [1.165, 1.54) is 4.90 Å². The van der Waals surface area contributed by atoms with Crippen LogP contribution in [0.25, 0.3) is 0 Å². The van der Waals surface area contributed by atoms with Gasteiger partial charge in [-0.3, -0.25) is 4.79 Å². The number of rotatable bonds is 5. The summed E-state index contributed by atoms with van der Waals surface area (Å²) in [5, 5.41) is 4.05. The molecule has 0 rings (SSSR count). The van der Waals surface area contributed by atoms with Crippen molar-refractivity contribution in [1.82, 2.24) is 15.5 Å². The molecular weight excluding hydrogens is 239 g/mol. The van der Waals surface area contributed by atoms with Crippen LogP contribution < -0.4 is 10.6 Å². The van der Waals surface area contributed by atoms with E-state index in [9.17, 15) is 22.8 Å². The smallest absolute Gasteiger partial charge is 0.347 e. The van der Waals surface area contributed by atoms with E-state index in [0.29, 0.717) is 13.1 Å². The molecule has 0 aliphatic carbocycles. The Balaban J connectivity index is 3.79. The van der Waals surface area contributed by atoms with Crippen LogP contribution in [0.1, 0.15) is 13.8 Å². The summed E-state index contributed by atoms with van der Waals surface area (Å²) in [4.78, 5) is 23.2. The Morgan fingerprint density at radius 2 is 1.53 bits per heavy atom. The van der Waals surface area contributed by atoms with Gasteiger partial charge in [0, 0.05) is 26.2 Å². The summed E-state index contributed by atoms with van der Waals surface area (Å²) in [5.74, 6) is -2.01. The third-order valence-electron chi connectivity index (χ3n) is 1.99. The van der Waals surface area contributed by atoms with Crippen LogP contribution in [0.2, 0.25) is 0 Å². The summed E-state index contributed by atoms with van der Waals surface area (Å²) in [7, 11) is 0. The largest absolute Gasteiger partial charge is 0.471 e. The molecule has 5 nitrogen and oxygen atoms in total. The number of urea groups is 1. The number of carbonyl (C=O) groups excluding carboxylic acids is 2. The lowest BCUT2D eigenvalue weighted by molar-refractivity contribution is -0.173. The van der Waals surface area contributed by atoms with E-state index in [-0.39, 0.29) is 19.1 Å². The molecule has 100 valence electrons. The van der Waals surface area contributed by atoms with Gasteiger partial charge < -0.3 is 15.5 Å². The SMILES string of the molecule is CCN(CC)C(=O)NCCNC(=O)C(F)(F)F. The minimum absolute atomic E-state index is 0.0445. The van der Waals surface area contributed by atoms with Gasteiger partial charge in [-0.05, 0) is 13.8 Å². The van der Waals surface area contributed by atoms with Crippen LogP contribution in [0.15, 0.2) is 0 Å². The summed E-state index contributed by atoms with van der Waals surface area (Å²) in [6.07, 6.45) is -4.89. The maximum Gasteiger partial charge on any atom is 0.471 e. The topological polar surface area (TPSA) is 61.4 Å². The number of hydrogen-bond acceptors (Lipinski definition) is 2. The van der Waals surface area contributed by atoms with Crippen LogP contribution in [0.5, 0.6) is 0 Å². The molecule has 0 radical (unpaired) electrons. The van der Waals surface area contributed by atoms with Crippen LogP contribution in [0.3, 0.4) is 0 Å². The zero-order chi connectivity index (χ0) is 13.5. The van der Waals surface area contributed by atoms with Crippen molar-refractivity contribution >= 4 is 11.9 Å². The minimum atomic E-state index is -4.89. The van der Waals surface area contributed by atoms with Gasteiger partial charge in [0.2, 0.25) is 0 Å². The first kappa shape index (κ1) is 15.5. The summed E-state index contributed by atoms with van der Waals surface area (Å²) in [5.41, 5.74) is 0. The number of halogens is 3. The number of hydrogen-bond donors (Lipinski definition) is 2. The van der Waals surface area contributed by atoms with Gasteiger partial charge in [0.1, 0.15) is 0 Å². The first-order chi connectivity index (χ1) is 7.82. The van der Waals surface area contributed by atoms with Crippen molar-refractivity contribution in [3.8, 4) is 0 Å². The second-order valence-electron chi connectivity index (χ2n) is 3.16. The fraction of sp³-hybridized carbons (Fsp3) is 0.778. The van der Waals surface area contributed by atoms with E-state index in [0.717, 1.165) is 0 Å². The van der Waals surface area contributed by atoms with Crippen LogP contribution in [0, 0.1) is 0 Å². The van der Waals surface area contributed by atoms with Crippen LogP contribution >= 0.6 is 0 Å². The van der Waals surface area contributed by atoms with Gasteiger partial charge in [-0.25, -0.2) is 4.79 Å². The Hall–Kier alpha value is -1.47. The average molecular weight is 255 g/mol. The molecule has 17 heavy (non-hydrogen) atoms. The molecule has 0 spiro atoms. The zero-order valence-corrected chi connectivity index (χ0v) is 9.73. The lowest BCUT2D eigenvalue weighted by Gasteiger charge is -2.19. The zero-order valence-electron chi connectivity index (χ0n) is 9.73. The molecule has 0 aromatic rings. The molecule has 0 aromatic carbocycles. The summed E-state index contributed by atoms with van der Waals surface area (Å²) in [6.45, 7) is 4.29. The fourth-order valence-electron chi connectivity index (χ4n) is 1.07. The number of nitrogens with zero attached hydrogens (tertiary/aromatic N) is 1. The molecule has 0 saturated carbocycles. The molecule has 0 heterocycles. The van der Waals surface area contributed by atoms with Crippen molar-refractivity contribution in [1.29, 1.82) is 0 Å². The van der Waals surface area contributed by atoms with E-state index in [4.69, 9.17) is 0 Å². The highest BCUT2D eigenvalue weighted by atomic mass is 19.4. The van der Waals surface area contributed by atoms with Gasteiger partial charge in [-0.2, -0.15) is 13.2 Å². The van der Waals surface area contributed by atoms with Crippen molar-refractivity contribution in [3.05, 3.63) is 0 Å². The minimum Gasteiger partial charge on any atom is -0.347 e. The predicted molar refractivity (Wildman–Crippen MR) is 55.4 cm³/mol. The molecule has 0 atom stereocenters. The van der Waals surface area contributed by atoms with Crippen LogP contribution in [-0.2, 0) is 4.79 Å². The molecule has 0 aliphatic heterocycles. The van der Waals surface area contributed by atoms with Gasteiger partial charge in [0.25, 0.3) is 0 Å². The molecule has 2 N–H and O–H groups in total. The molecule has 0 bridgehead atoms. The molecule has 8 heteroatoms. The van der Waals surface area contributed by atoms with Gasteiger partial charge in [0.15, 0.2) is 0 Å². The quantitative estimate of drug-likeness (QED) is 0.711. The second kappa shape index (κ2) is 6.97. The number of nitrogens with one attached hydrogen (secondary N) is 2. The van der Waals surface area contributed by atoms with Crippen LogP contribution in [0.4, 0.5) is 18.0 Å². The van der Waals surface area contributed by atoms with Crippen molar-refractivity contribution in [3.63, 3.8) is 0 Å². The predicted octanol–water partition coefficient (Wildman–Crippen LogP) is 0.716. The number of alkyl halides is 3. The molecule has 0 unspecified atom stereocenters.